The molecule has 31 heavy (non-hydrogen) atoms. The Morgan fingerprint density at radius 1 is 0.968 bits per heavy atom. The van der Waals surface area contributed by atoms with E-state index in [-0.39, 0.29) is 30.6 Å². The van der Waals surface area contributed by atoms with Crippen LogP contribution < -0.4 is 35.1 Å². The first-order valence-electron chi connectivity index (χ1n) is 10.2. The van der Waals surface area contributed by atoms with Crippen LogP contribution in [0.3, 0.4) is 0 Å². The SMILES string of the molecule is COc1cc(C2C(C)NNC2NC(=O)COc2ccc(C)c(C)c2)cc(OC)c1OC. The van der Waals surface area contributed by atoms with E-state index in [1.165, 1.54) is 5.56 Å². The Bertz CT molecular complexity index is 908. The van der Waals surface area contributed by atoms with Crippen LogP contribution in [0.25, 0.3) is 0 Å². The summed E-state index contributed by atoms with van der Waals surface area (Å²) in [6.45, 7) is 6.02. The van der Waals surface area contributed by atoms with Gasteiger partial charge >= 0.3 is 0 Å². The number of amides is 1. The number of methoxy groups -OCH3 is 3. The second-order valence-corrected chi connectivity index (χ2v) is 7.64. The van der Waals surface area contributed by atoms with E-state index in [0.29, 0.717) is 23.0 Å². The number of nitrogens with one attached hydrogen (secondary N) is 3. The van der Waals surface area contributed by atoms with Crippen LogP contribution in [0, 0.1) is 13.8 Å². The minimum atomic E-state index is -0.339. The Morgan fingerprint density at radius 3 is 2.23 bits per heavy atom. The third-order valence-corrected chi connectivity index (χ3v) is 5.60. The maximum Gasteiger partial charge on any atom is 0.259 e. The summed E-state index contributed by atoms with van der Waals surface area (Å²) in [5.41, 5.74) is 9.60. The van der Waals surface area contributed by atoms with Crippen molar-refractivity contribution in [3.8, 4) is 23.0 Å². The van der Waals surface area contributed by atoms with E-state index in [4.69, 9.17) is 18.9 Å². The molecule has 168 valence electrons. The van der Waals surface area contributed by atoms with Gasteiger partial charge in [0.05, 0.1) is 21.3 Å². The Kier molecular flexibility index (Phi) is 7.25. The molecule has 0 radical (unpaired) electrons. The summed E-state index contributed by atoms with van der Waals surface area (Å²) >= 11 is 0. The lowest BCUT2D eigenvalue weighted by molar-refractivity contribution is -0.124. The van der Waals surface area contributed by atoms with Gasteiger partial charge in [0.15, 0.2) is 18.1 Å². The van der Waals surface area contributed by atoms with Crippen LogP contribution in [0.2, 0.25) is 0 Å². The molecule has 1 aliphatic heterocycles. The quantitative estimate of drug-likeness (QED) is 0.594. The molecule has 3 unspecified atom stereocenters. The first-order chi connectivity index (χ1) is 14.9. The van der Waals surface area contributed by atoms with Crippen LogP contribution in [-0.4, -0.2) is 46.1 Å². The standard InChI is InChI=1S/C23H31N3O5/c1-13-7-8-17(9-14(13)2)31-12-20(27)24-23-21(15(3)25-26-23)16-10-18(28-4)22(30-6)19(11-16)29-5/h7-11,15,21,23,25-26H,12H2,1-6H3,(H,24,27). The Morgan fingerprint density at radius 2 is 1.65 bits per heavy atom. The summed E-state index contributed by atoms with van der Waals surface area (Å²) in [6, 6.07) is 9.63. The highest BCUT2D eigenvalue weighted by Gasteiger charge is 2.36. The second kappa shape index (κ2) is 9.89. The van der Waals surface area contributed by atoms with Gasteiger partial charge in [-0.2, -0.15) is 0 Å². The summed E-state index contributed by atoms with van der Waals surface area (Å²) in [5.74, 6) is 2.05. The number of hydrazine groups is 1. The van der Waals surface area contributed by atoms with Gasteiger partial charge in [0.25, 0.3) is 5.91 Å². The average Bonchev–Trinajstić information content (AvgIpc) is 3.13. The lowest BCUT2D eigenvalue weighted by atomic mass is 9.90. The first kappa shape index (κ1) is 22.7. The van der Waals surface area contributed by atoms with E-state index in [1.807, 2.05) is 51.1 Å². The Hall–Kier alpha value is -2.97. The van der Waals surface area contributed by atoms with E-state index in [0.717, 1.165) is 11.1 Å². The molecule has 1 amide bonds. The van der Waals surface area contributed by atoms with E-state index in [1.54, 1.807) is 21.3 Å². The summed E-state index contributed by atoms with van der Waals surface area (Å²) in [5, 5.41) is 3.01. The number of hydrogen-bond donors (Lipinski definition) is 3. The van der Waals surface area contributed by atoms with Gasteiger partial charge < -0.3 is 24.3 Å². The average molecular weight is 430 g/mol. The number of rotatable bonds is 8. The van der Waals surface area contributed by atoms with Gasteiger partial charge in [0, 0.05) is 12.0 Å². The smallest absolute Gasteiger partial charge is 0.259 e. The molecule has 3 atom stereocenters. The van der Waals surface area contributed by atoms with Crippen molar-refractivity contribution in [3.05, 3.63) is 47.0 Å². The van der Waals surface area contributed by atoms with E-state index < -0.39 is 0 Å². The van der Waals surface area contributed by atoms with Crippen molar-refractivity contribution in [3.63, 3.8) is 0 Å². The largest absolute Gasteiger partial charge is 0.493 e. The third kappa shape index (κ3) is 5.03. The van der Waals surface area contributed by atoms with Crippen molar-refractivity contribution in [1.82, 2.24) is 16.2 Å². The van der Waals surface area contributed by atoms with Crippen LogP contribution in [0.5, 0.6) is 23.0 Å². The molecule has 8 nitrogen and oxygen atoms in total. The van der Waals surface area contributed by atoms with Crippen LogP contribution in [0.4, 0.5) is 0 Å². The third-order valence-electron chi connectivity index (χ3n) is 5.60. The van der Waals surface area contributed by atoms with Crippen LogP contribution in [0.15, 0.2) is 30.3 Å². The Balaban J connectivity index is 1.73. The summed E-state index contributed by atoms with van der Waals surface area (Å²) < 4.78 is 22.1. The molecule has 0 bridgehead atoms. The van der Waals surface area contributed by atoms with Crippen molar-refractivity contribution >= 4 is 5.91 Å². The molecule has 1 saturated heterocycles. The molecule has 2 aromatic carbocycles. The van der Waals surface area contributed by atoms with Crippen LogP contribution in [0.1, 0.15) is 29.5 Å². The van der Waals surface area contributed by atoms with Crippen molar-refractivity contribution in [2.75, 3.05) is 27.9 Å². The predicted molar refractivity (Wildman–Crippen MR) is 118 cm³/mol. The predicted octanol–water partition coefficient (Wildman–Crippen LogP) is 2.43. The highest BCUT2D eigenvalue weighted by Crippen LogP contribution is 2.41. The molecule has 1 fully saturated rings. The fourth-order valence-corrected chi connectivity index (χ4v) is 3.76. The lowest BCUT2D eigenvalue weighted by Crippen LogP contribution is -2.47. The fraction of sp³-hybridized carbons (Fsp3) is 0.435. The molecular formula is C23H31N3O5. The van der Waals surface area contributed by atoms with Gasteiger partial charge in [0.2, 0.25) is 5.75 Å². The molecule has 3 rings (SSSR count). The number of aryl methyl sites for hydroxylation is 2. The minimum Gasteiger partial charge on any atom is -0.493 e. The van der Waals surface area contributed by atoms with E-state index in [9.17, 15) is 4.79 Å². The molecule has 8 heteroatoms. The molecule has 1 heterocycles. The van der Waals surface area contributed by atoms with Crippen molar-refractivity contribution < 1.29 is 23.7 Å². The van der Waals surface area contributed by atoms with E-state index >= 15 is 0 Å². The molecule has 0 saturated carbocycles. The van der Waals surface area contributed by atoms with Gasteiger partial charge in [-0.3, -0.25) is 10.2 Å². The van der Waals surface area contributed by atoms with Gasteiger partial charge in [-0.25, -0.2) is 5.43 Å². The maximum absolute atomic E-state index is 12.6. The summed E-state index contributed by atoms with van der Waals surface area (Å²) in [4.78, 5) is 12.6. The van der Waals surface area contributed by atoms with Gasteiger partial charge in [-0.05, 0) is 61.7 Å². The molecule has 1 aliphatic rings. The molecule has 0 spiro atoms. The number of carbonyl (C=O) groups is 1. The second-order valence-electron chi connectivity index (χ2n) is 7.64. The minimum absolute atomic E-state index is 0.0498. The maximum atomic E-state index is 12.6. The topological polar surface area (TPSA) is 90.1 Å². The molecule has 3 N–H and O–H groups in total. The number of carbonyl (C=O) groups excluding carboxylic acids is 1. The van der Waals surface area contributed by atoms with Gasteiger partial charge in [-0.15, -0.1) is 0 Å². The van der Waals surface area contributed by atoms with Crippen LogP contribution in [-0.2, 0) is 4.79 Å². The normalized spacial score (nSPS) is 20.3. The van der Waals surface area contributed by atoms with Gasteiger partial charge in [0.1, 0.15) is 11.9 Å². The zero-order valence-corrected chi connectivity index (χ0v) is 18.9. The summed E-state index contributed by atoms with van der Waals surface area (Å²) in [6.07, 6.45) is -0.339. The highest BCUT2D eigenvalue weighted by molar-refractivity contribution is 5.78. The lowest BCUT2D eigenvalue weighted by Gasteiger charge is -2.24. The molecule has 2 aromatic rings. The molecule has 0 aliphatic carbocycles. The van der Waals surface area contributed by atoms with Crippen molar-refractivity contribution in [2.45, 2.75) is 38.9 Å². The number of hydrogen-bond acceptors (Lipinski definition) is 7. The Labute approximate surface area is 183 Å². The van der Waals surface area contributed by atoms with E-state index in [2.05, 4.69) is 16.2 Å². The highest BCUT2D eigenvalue weighted by atomic mass is 16.5. The fourth-order valence-electron chi connectivity index (χ4n) is 3.76. The first-order valence-corrected chi connectivity index (χ1v) is 10.2. The summed E-state index contributed by atoms with van der Waals surface area (Å²) in [7, 11) is 4.73. The molecular weight excluding hydrogens is 398 g/mol. The van der Waals surface area contributed by atoms with Crippen LogP contribution >= 0.6 is 0 Å². The number of benzene rings is 2. The zero-order valence-electron chi connectivity index (χ0n) is 18.9. The van der Waals surface area contributed by atoms with Crippen molar-refractivity contribution in [2.24, 2.45) is 0 Å². The van der Waals surface area contributed by atoms with Crippen molar-refractivity contribution in [1.29, 1.82) is 0 Å². The zero-order chi connectivity index (χ0) is 22.5. The molecule has 0 aromatic heterocycles. The van der Waals surface area contributed by atoms with Gasteiger partial charge in [-0.1, -0.05) is 6.07 Å². The number of ether oxygens (including phenoxy) is 4. The monoisotopic (exact) mass is 429 g/mol.